The Morgan fingerprint density at radius 3 is 2.50 bits per heavy atom. The van der Waals surface area contributed by atoms with Gasteiger partial charge in [-0.3, -0.25) is 4.98 Å². The average Bonchev–Trinajstić information content (AvgIpc) is 2.39. The second kappa shape index (κ2) is 6.10. The van der Waals surface area contributed by atoms with Crippen molar-refractivity contribution in [1.29, 1.82) is 0 Å². The van der Waals surface area contributed by atoms with Gasteiger partial charge in [-0.05, 0) is 45.7 Å². The van der Waals surface area contributed by atoms with Crippen LogP contribution in [0.5, 0.6) is 0 Å². The Labute approximate surface area is 125 Å². The molecule has 0 amide bonds. The zero-order chi connectivity index (χ0) is 14.8. The number of rotatable bonds is 2. The lowest BCUT2D eigenvalue weighted by atomic mass is 9.94. The van der Waals surface area contributed by atoms with Crippen molar-refractivity contribution in [1.82, 2.24) is 10.0 Å². The van der Waals surface area contributed by atoms with E-state index in [4.69, 9.17) is 16.4 Å². The molecule has 5 heteroatoms. The fourth-order valence-corrected chi connectivity index (χ4v) is 2.24. The van der Waals surface area contributed by atoms with Gasteiger partial charge < -0.3 is 4.84 Å². The second-order valence-electron chi connectivity index (χ2n) is 6.23. The number of carbonyl (C=O) groups is 1. The van der Waals surface area contributed by atoms with Crippen LogP contribution in [0.3, 0.4) is 0 Å². The van der Waals surface area contributed by atoms with E-state index in [0.717, 1.165) is 31.6 Å². The minimum atomic E-state index is -0.464. The Morgan fingerprint density at radius 1 is 1.35 bits per heavy atom. The zero-order valence-corrected chi connectivity index (χ0v) is 13.0. The largest absolute Gasteiger partial charge is 0.367 e. The van der Waals surface area contributed by atoms with Crippen molar-refractivity contribution in [3.05, 3.63) is 29.0 Å². The summed E-state index contributed by atoms with van der Waals surface area (Å²) >= 11 is 5.85. The first-order valence-electron chi connectivity index (χ1n) is 6.95. The molecule has 1 aromatic heterocycles. The maximum atomic E-state index is 11.8. The summed E-state index contributed by atoms with van der Waals surface area (Å²) in [4.78, 5) is 21.6. The van der Waals surface area contributed by atoms with E-state index in [1.54, 1.807) is 11.3 Å². The number of pyridine rings is 1. The lowest BCUT2D eigenvalue weighted by Crippen LogP contribution is -2.38. The molecule has 0 bridgehead atoms. The predicted molar refractivity (Wildman–Crippen MR) is 78.3 cm³/mol. The van der Waals surface area contributed by atoms with Crippen LogP contribution in [0.4, 0.5) is 0 Å². The molecule has 0 aliphatic carbocycles. The Kier molecular flexibility index (Phi) is 4.66. The molecule has 0 unspecified atom stereocenters. The third kappa shape index (κ3) is 3.93. The molecule has 4 nitrogen and oxygen atoms in total. The molecule has 0 aromatic carbocycles. The molecule has 20 heavy (non-hydrogen) atoms. The van der Waals surface area contributed by atoms with Crippen molar-refractivity contribution >= 4 is 17.6 Å². The molecule has 2 heterocycles. The van der Waals surface area contributed by atoms with Crippen LogP contribution >= 0.6 is 11.6 Å². The highest BCUT2D eigenvalue weighted by Crippen LogP contribution is 2.28. The van der Waals surface area contributed by atoms with E-state index in [0.29, 0.717) is 10.9 Å². The lowest BCUT2D eigenvalue weighted by molar-refractivity contribution is -0.204. The summed E-state index contributed by atoms with van der Waals surface area (Å²) in [5, 5.41) is 2.42. The third-order valence-electron chi connectivity index (χ3n) is 3.45. The number of hydroxylamine groups is 2. The topological polar surface area (TPSA) is 42.4 Å². The molecule has 0 saturated carbocycles. The van der Waals surface area contributed by atoms with Gasteiger partial charge in [0.2, 0.25) is 0 Å². The molecule has 2 rings (SSSR count). The summed E-state index contributed by atoms with van der Waals surface area (Å²) in [5.74, 6) is 0.234. The van der Waals surface area contributed by atoms with Crippen molar-refractivity contribution in [2.75, 3.05) is 13.1 Å². The Balaban J connectivity index is 1.86. The minimum absolute atomic E-state index is 0.180. The minimum Gasteiger partial charge on any atom is -0.367 e. The van der Waals surface area contributed by atoms with E-state index in [-0.39, 0.29) is 5.97 Å². The highest BCUT2D eigenvalue weighted by Gasteiger charge is 2.29. The van der Waals surface area contributed by atoms with Gasteiger partial charge in [0, 0.05) is 30.9 Å². The first kappa shape index (κ1) is 15.3. The number of nitrogens with zero attached hydrogens (tertiary/aromatic N) is 2. The molecule has 110 valence electrons. The van der Waals surface area contributed by atoms with Crippen molar-refractivity contribution in [3.63, 3.8) is 0 Å². The van der Waals surface area contributed by atoms with Gasteiger partial charge in [0.1, 0.15) is 0 Å². The van der Waals surface area contributed by atoms with E-state index in [1.807, 2.05) is 32.9 Å². The van der Waals surface area contributed by atoms with Gasteiger partial charge in [-0.25, -0.2) is 4.79 Å². The number of halogens is 1. The monoisotopic (exact) mass is 296 g/mol. The van der Waals surface area contributed by atoms with E-state index < -0.39 is 5.41 Å². The van der Waals surface area contributed by atoms with Gasteiger partial charge >= 0.3 is 5.97 Å². The fraction of sp³-hybridized carbons (Fsp3) is 0.600. The molecule has 0 N–H and O–H groups in total. The van der Waals surface area contributed by atoms with Gasteiger partial charge in [-0.1, -0.05) is 11.6 Å². The van der Waals surface area contributed by atoms with Crippen LogP contribution < -0.4 is 0 Å². The highest BCUT2D eigenvalue weighted by atomic mass is 35.5. The first-order valence-corrected chi connectivity index (χ1v) is 7.33. The molecule has 1 aliphatic heterocycles. The van der Waals surface area contributed by atoms with Crippen LogP contribution in [0.2, 0.25) is 5.02 Å². The molecule has 1 fully saturated rings. The van der Waals surface area contributed by atoms with Crippen LogP contribution in [-0.2, 0) is 9.63 Å². The van der Waals surface area contributed by atoms with Gasteiger partial charge in [0.15, 0.2) is 0 Å². The molecule has 1 aliphatic rings. The van der Waals surface area contributed by atoms with Crippen molar-refractivity contribution in [3.8, 4) is 0 Å². The standard InChI is InChI=1S/C15H21ClN2O2/c1-15(2,3)14(19)20-18-8-6-11(7-9-18)13-5-4-12(16)10-17-13/h4-5,10-11H,6-9H2,1-3H3. The number of aromatic nitrogens is 1. The Hall–Kier alpha value is -1.13. The third-order valence-corrected chi connectivity index (χ3v) is 3.67. The van der Waals surface area contributed by atoms with Crippen molar-refractivity contribution in [2.24, 2.45) is 5.41 Å². The quantitative estimate of drug-likeness (QED) is 0.838. The van der Waals surface area contributed by atoms with Gasteiger partial charge in [-0.2, -0.15) is 0 Å². The van der Waals surface area contributed by atoms with Crippen LogP contribution in [0.1, 0.15) is 45.2 Å². The maximum absolute atomic E-state index is 11.8. The Morgan fingerprint density at radius 2 is 2.00 bits per heavy atom. The van der Waals surface area contributed by atoms with Crippen LogP contribution in [0.25, 0.3) is 0 Å². The molecule has 1 aromatic rings. The van der Waals surface area contributed by atoms with E-state index in [2.05, 4.69) is 4.98 Å². The summed E-state index contributed by atoms with van der Waals surface area (Å²) in [6, 6.07) is 3.85. The fourth-order valence-electron chi connectivity index (χ4n) is 2.13. The highest BCUT2D eigenvalue weighted by molar-refractivity contribution is 6.30. The first-order chi connectivity index (χ1) is 9.36. The van der Waals surface area contributed by atoms with E-state index >= 15 is 0 Å². The second-order valence-corrected chi connectivity index (χ2v) is 6.67. The molecular weight excluding hydrogens is 276 g/mol. The van der Waals surface area contributed by atoms with Gasteiger partial charge in [-0.15, -0.1) is 5.06 Å². The molecule has 0 spiro atoms. The lowest BCUT2D eigenvalue weighted by Gasteiger charge is -2.31. The van der Waals surface area contributed by atoms with Crippen LogP contribution in [-0.4, -0.2) is 29.1 Å². The molecule has 0 atom stereocenters. The van der Waals surface area contributed by atoms with Crippen molar-refractivity contribution < 1.29 is 9.63 Å². The number of hydrogen-bond donors (Lipinski definition) is 0. The smallest absolute Gasteiger partial charge is 0.330 e. The van der Waals surface area contributed by atoms with Crippen molar-refractivity contribution in [2.45, 2.75) is 39.5 Å². The Bertz CT molecular complexity index is 460. The summed E-state index contributed by atoms with van der Waals surface area (Å²) in [5.41, 5.74) is 0.602. The van der Waals surface area contributed by atoms with E-state index in [9.17, 15) is 4.79 Å². The number of carbonyl (C=O) groups excluding carboxylic acids is 1. The number of hydrogen-bond acceptors (Lipinski definition) is 4. The van der Waals surface area contributed by atoms with Crippen LogP contribution in [0.15, 0.2) is 18.3 Å². The SMILES string of the molecule is CC(C)(C)C(=O)ON1CCC(c2ccc(Cl)cn2)CC1. The zero-order valence-electron chi connectivity index (χ0n) is 12.2. The molecule has 1 saturated heterocycles. The van der Waals surface area contributed by atoms with Gasteiger partial charge in [0.05, 0.1) is 10.4 Å². The average molecular weight is 297 g/mol. The summed E-state index contributed by atoms with van der Waals surface area (Å²) in [6.07, 6.45) is 3.56. The normalized spacial score (nSPS) is 18.0. The summed E-state index contributed by atoms with van der Waals surface area (Å²) in [6.45, 7) is 7.08. The summed E-state index contributed by atoms with van der Waals surface area (Å²) in [7, 11) is 0. The van der Waals surface area contributed by atoms with Crippen LogP contribution in [0, 0.1) is 5.41 Å². The maximum Gasteiger partial charge on any atom is 0.330 e. The number of piperidine rings is 1. The molecular formula is C15H21ClN2O2. The van der Waals surface area contributed by atoms with E-state index in [1.165, 1.54) is 0 Å². The summed E-state index contributed by atoms with van der Waals surface area (Å²) < 4.78 is 0. The predicted octanol–water partition coefficient (Wildman–Crippen LogP) is 3.42. The van der Waals surface area contributed by atoms with Gasteiger partial charge in [0.25, 0.3) is 0 Å². The molecule has 0 radical (unpaired) electrons.